The average molecular weight is 213 g/mol. The lowest BCUT2D eigenvalue weighted by atomic mass is 10.6. The number of aromatic nitrogens is 3. The van der Waals surface area contributed by atoms with Gasteiger partial charge in [0.15, 0.2) is 0 Å². The minimum Gasteiger partial charge on any atom is -0.329 e. The Morgan fingerprint density at radius 2 is 1.92 bits per heavy atom. The summed E-state index contributed by atoms with van der Waals surface area (Å²) in [5.74, 6) is 1.74. The second-order valence-electron chi connectivity index (χ2n) is 2.22. The summed E-state index contributed by atoms with van der Waals surface area (Å²) in [5, 5.41) is 4.13. The first-order valence-corrected chi connectivity index (χ1v) is 3.32. The molecule has 0 fully saturated rings. The van der Waals surface area contributed by atoms with Crippen LogP contribution in [0.3, 0.4) is 0 Å². The molecule has 1 heterocycles. The summed E-state index contributed by atoms with van der Waals surface area (Å²) in [4.78, 5) is 4.13. The van der Waals surface area contributed by atoms with Crippen LogP contribution < -0.4 is 5.73 Å². The number of hydrogen-bond donors (Lipinski definition) is 1. The minimum absolute atomic E-state index is 0. The van der Waals surface area contributed by atoms with Crippen LogP contribution >= 0.6 is 24.8 Å². The van der Waals surface area contributed by atoms with E-state index < -0.39 is 0 Å². The van der Waals surface area contributed by atoms with Gasteiger partial charge in [0.1, 0.15) is 11.6 Å². The molecule has 0 radical (unpaired) electrons. The van der Waals surface area contributed by atoms with Crippen molar-refractivity contribution in [2.45, 2.75) is 20.4 Å². The van der Waals surface area contributed by atoms with Crippen molar-refractivity contribution in [1.29, 1.82) is 0 Å². The number of rotatable bonds is 2. The Bertz CT molecular complexity index is 223. The van der Waals surface area contributed by atoms with Gasteiger partial charge in [0.25, 0.3) is 0 Å². The molecule has 0 saturated heterocycles. The average Bonchev–Trinajstić information content (AvgIpc) is 2.13. The van der Waals surface area contributed by atoms with E-state index in [2.05, 4.69) is 10.1 Å². The van der Waals surface area contributed by atoms with E-state index in [-0.39, 0.29) is 24.8 Å². The molecule has 0 atom stereocenters. The molecule has 0 aromatic carbocycles. The van der Waals surface area contributed by atoms with Crippen molar-refractivity contribution in [3.05, 3.63) is 11.6 Å². The van der Waals surface area contributed by atoms with Crippen LogP contribution in [-0.2, 0) is 6.54 Å². The first-order chi connectivity index (χ1) is 4.74. The predicted molar refractivity (Wildman–Crippen MR) is 53.0 cm³/mol. The SMILES string of the molecule is Cc1nc(C)n(CCN)n1.Cl.Cl. The molecule has 1 aromatic heterocycles. The van der Waals surface area contributed by atoms with Gasteiger partial charge >= 0.3 is 0 Å². The maximum absolute atomic E-state index is 5.35. The van der Waals surface area contributed by atoms with E-state index in [1.165, 1.54) is 0 Å². The number of halogens is 2. The second-order valence-corrected chi connectivity index (χ2v) is 2.22. The van der Waals surface area contributed by atoms with Crippen LogP contribution in [-0.4, -0.2) is 21.3 Å². The first-order valence-electron chi connectivity index (χ1n) is 3.32. The van der Waals surface area contributed by atoms with E-state index in [1.54, 1.807) is 0 Å². The number of hydrogen-bond acceptors (Lipinski definition) is 3. The summed E-state index contributed by atoms with van der Waals surface area (Å²) < 4.78 is 1.81. The molecule has 12 heavy (non-hydrogen) atoms. The molecule has 72 valence electrons. The molecule has 0 bridgehead atoms. The van der Waals surface area contributed by atoms with Gasteiger partial charge in [0, 0.05) is 6.54 Å². The number of nitrogens with zero attached hydrogens (tertiary/aromatic N) is 3. The molecule has 0 unspecified atom stereocenters. The van der Waals surface area contributed by atoms with E-state index in [0.717, 1.165) is 18.2 Å². The normalized spacial score (nSPS) is 8.58. The van der Waals surface area contributed by atoms with E-state index in [4.69, 9.17) is 5.73 Å². The van der Waals surface area contributed by atoms with Crippen molar-refractivity contribution in [2.75, 3.05) is 6.54 Å². The Morgan fingerprint density at radius 3 is 2.25 bits per heavy atom. The molecule has 6 heteroatoms. The van der Waals surface area contributed by atoms with Crippen LogP contribution in [0.5, 0.6) is 0 Å². The standard InChI is InChI=1S/C6H12N4.2ClH/c1-5-8-6(2)10(9-5)4-3-7;;/h3-4,7H2,1-2H3;2*1H. The van der Waals surface area contributed by atoms with Gasteiger partial charge in [-0.3, -0.25) is 0 Å². The van der Waals surface area contributed by atoms with Gasteiger partial charge in [-0.1, -0.05) is 0 Å². The van der Waals surface area contributed by atoms with Crippen molar-refractivity contribution in [2.24, 2.45) is 5.73 Å². The van der Waals surface area contributed by atoms with Crippen LogP contribution in [0.4, 0.5) is 0 Å². The van der Waals surface area contributed by atoms with Crippen molar-refractivity contribution < 1.29 is 0 Å². The number of nitrogens with two attached hydrogens (primary N) is 1. The Morgan fingerprint density at radius 1 is 1.33 bits per heavy atom. The smallest absolute Gasteiger partial charge is 0.147 e. The topological polar surface area (TPSA) is 56.7 Å². The van der Waals surface area contributed by atoms with Gasteiger partial charge in [-0.2, -0.15) is 5.10 Å². The lowest BCUT2D eigenvalue weighted by Crippen LogP contribution is -2.12. The summed E-state index contributed by atoms with van der Waals surface area (Å²) in [6.07, 6.45) is 0. The summed E-state index contributed by atoms with van der Waals surface area (Å²) in [6, 6.07) is 0. The molecule has 1 rings (SSSR count). The molecular formula is C6H14Cl2N4. The molecular weight excluding hydrogens is 199 g/mol. The van der Waals surface area contributed by atoms with Gasteiger partial charge in [-0.25, -0.2) is 9.67 Å². The van der Waals surface area contributed by atoms with Gasteiger partial charge in [0.2, 0.25) is 0 Å². The van der Waals surface area contributed by atoms with Crippen molar-refractivity contribution >= 4 is 24.8 Å². The molecule has 2 N–H and O–H groups in total. The highest BCUT2D eigenvalue weighted by Crippen LogP contribution is 1.93. The zero-order valence-corrected chi connectivity index (χ0v) is 8.78. The molecule has 0 spiro atoms. The van der Waals surface area contributed by atoms with Gasteiger partial charge < -0.3 is 5.73 Å². The van der Waals surface area contributed by atoms with Crippen LogP contribution in [0, 0.1) is 13.8 Å². The van der Waals surface area contributed by atoms with Crippen molar-refractivity contribution in [3.8, 4) is 0 Å². The Balaban J connectivity index is 0. The highest BCUT2D eigenvalue weighted by atomic mass is 35.5. The third-order valence-corrected chi connectivity index (χ3v) is 1.30. The van der Waals surface area contributed by atoms with Gasteiger partial charge in [-0.05, 0) is 13.8 Å². The zero-order valence-electron chi connectivity index (χ0n) is 7.15. The van der Waals surface area contributed by atoms with E-state index >= 15 is 0 Å². The third-order valence-electron chi connectivity index (χ3n) is 1.30. The fourth-order valence-corrected chi connectivity index (χ4v) is 0.895. The molecule has 0 aliphatic heterocycles. The van der Waals surface area contributed by atoms with E-state index in [9.17, 15) is 0 Å². The number of aryl methyl sites for hydroxylation is 2. The fraction of sp³-hybridized carbons (Fsp3) is 0.667. The Labute approximate surface area is 84.4 Å². The molecule has 0 aliphatic rings. The molecule has 0 aliphatic carbocycles. The Hall–Kier alpha value is -0.320. The summed E-state index contributed by atoms with van der Waals surface area (Å²) >= 11 is 0. The minimum atomic E-state index is 0. The predicted octanol–water partition coefficient (Wildman–Crippen LogP) is 0.697. The van der Waals surface area contributed by atoms with Crippen LogP contribution in [0.15, 0.2) is 0 Å². The maximum Gasteiger partial charge on any atom is 0.147 e. The highest BCUT2D eigenvalue weighted by Gasteiger charge is 1.98. The quantitative estimate of drug-likeness (QED) is 0.786. The van der Waals surface area contributed by atoms with Gasteiger partial charge in [0.05, 0.1) is 6.54 Å². The van der Waals surface area contributed by atoms with Crippen LogP contribution in [0.2, 0.25) is 0 Å². The summed E-state index contributed by atoms with van der Waals surface area (Å²) in [7, 11) is 0. The molecule has 1 aromatic rings. The largest absolute Gasteiger partial charge is 0.329 e. The van der Waals surface area contributed by atoms with Crippen molar-refractivity contribution in [3.63, 3.8) is 0 Å². The summed E-state index contributed by atoms with van der Waals surface area (Å²) in [5.41, 5.74) is 5.35. The van der Waals surface area contributed by atoms with Crippen LogP contribution in [0.1, 0.15) is 11.6 Å². The second kappa shape index (κ2) is 6.22. The fourth-order valence-electron chi connectivity index (χ4n) is 0.895. The molecule has 0 amide bonds. The zero-order chi connectivity index (χ0) is 7.56. The monoisotopic (exact) mass is 212 g/mol. The van der Waals surface area contributed by atoms with E-state index in [1.807, 2.05) is 18.5 Å². The lowest BCUT2D eigenvalue weighted by Gasteiger charge is -1.96. The van der Waals surface area contributed by atoms with Crippen LogP contribution in [0.25, 0.3) is 0 Å². The van der Waals surface area contributed by atoms with Crippen molar-refractivity contribution in [1.82, 2.24) is 14.8 Å². The summed E-state index contributed by atoms with van der Waals surface area (Å²) in [6.45, 7) is 5.17. The maximum atomic E-state index is 5.35. The molecule has 0 saturated carbocycles. The lowest BCUT2D eigenvalue weighted by molar-refractivity contribution is 0.601. The van der Waals surface area contributed by atoms with E-state index in [0.29, 0.717) is 6.54 Å². The third kappa shape index (κ3) is 3.38. The Kier molecular flexibility index (Phi) is 7.37. The highest BCUT2D eigenvalue weighted by molar-refractivity contribution is 5.85. The first kappa shape index (κ1) is 14.2. The molecule has 4 nitrogen and oxygen atoms in total. The van der Waals surface area contributed by atoms with Gasteiger partial charge in [-0.15, -0.1) is 24.8 Å².